The van der Waals surface area contributed by atoms with Gasteiger partial charge in [0.15, 0.2) is 9.84 Å². The summed E-state index contributed by atoms with van der Waals surface area (Å²) in [5.41, 5.74) is 0.470. The Kier molecular flexibility index (Phi) is 6.98. The maximum atomic E-state index is 12.4. The average Bonchev–Trinajstić information content (AvgIpc) is 2.58. The molecule has 1 aromatic carbocycles. The normalized spacial score (nSPS) is 17.4. The molecule has 7 heteroatoms. The van der Waals surface area contributed by atoms with Crippen molar-refractivity contribution in [3.05, 3.63) is 29.8 Å². The fourth-order valence-corrected chi connectivity index (χ4v) is 3.64. The van der Waals surface area contributed by atoms with Crippen LogP contribution in [0.3, 0.4) is 0 Å². The molecule has 0 spiro atoms. The van der Waals surface area contributed by atoms with Gasteiger partial charge in [0.05, 0.1) is 18.1 Å². The molecule has 1 aliphatic rings. The highest BCUT2D eigenvalue weighted by atomic mass is 32.2. The van der Waals surface area contributed by atoms with Gasteiger partial charge in [-0.3, -0.25) is 9.69 Å². The summed E-state index contributed by atoms with van der Waals surface area (Å²) in [5.74, 6) is 0.362. The van der Waals surface area contributed by atoms with Crippen LogP contribution in [0.4, 0.5) is 0 Å². The van der Waals surface area contributed by atoms with E-state index in [2.05, 4.69) is 24.1 Å². The number of hydrogen-bond acceptors (Lipinski definition) is 5. The van der Waals surface area contributed by atoms with Crippen molar-refractivity contribution in [1.82, 2.24) is 10.2 Å². The van der Waals surface area contributed by atoms with E-state index in [4.69, 9.17) is 4.74 Å². The van der Waals surface area contributed by atoms with Crippen molar-refractivity contribution in [3.8, 4) is 0 Å². The quantitative estimate of drug-likeness (QED) is 0.791. The lowest BCUT2D eigenvalue weighted by molar-refractivity contribution is 0.0124. The largest absolute Gasteiger partial charge is 0.379 e. The first kappa shape index (κ1) is 19.9. The first-order valence-electron chi connectivity index (χ1n) is 8.67. The summed E-state index contributed by atoms with van der Waals surface area (Å²) < 4.78 is 28.4. The number of carbonyl (C=O) groups is 1. The van der Waals surface area contributed by atoms with Gasteiger partial charge in [-0.25, -0.2) is 8.42 Å². The van der Waals surface area contributed by atoms with Gasteiger partial charge in [0.1, 0.15) is 0 Å². The van der Waals surface area contributed by atoms with E-state index in [-0.39, 0.29) is 16.8 Å². The van der Waals surface area contributed by atoms with Gasteiger partial charge in [0.2, 0.25) is 0 Å². The van der Waals surface area contributed by atoms with Crippen LogP contribution < -0.4 is 5.32 Å². The minimum absolute atomic E-state index is 0.179. The molecule has 1 aromatic rings. The van der Waals surface area contributed by atoms with Crippen LogP contribution >= 0.6 is 0 Å². The molecule has 1 unspecified atom stereocenters. The zero-order valence-corrected chi connectivity index (χ0v) is 16.0. The third-order valence-electron chi connectivity index (χ3n) is 4.35. The van der Waals surface area contributed by atoms with Crippen molar-refractivity contribution >= 4 is 15.7 Å². The van der Waals surface area contributed by atoms with Crippen LogP contribution in [-0.4, -0.2) is 64.4 Å². The highest BCUT2D eigenvalue weighted by Gasteiger charge is 2.22. The first-order valence-corrected chi connectivity index (χ1v) is 10.6. The Balaban J connectivity index is 1.97. The Morgan fingerprint density at radius 3 is 2.32 bits per heavy atom. The highest BCUT2D eigenvalue weighted by molar-refractivity contribution is 7.90. The number of carbonyl (C=O) groups excluding carboxylic acids is 1. The Morgan fingerprint density at radius 1 is 1.20 bits per heavy atom. The SMILES string of the molecule is CC(C)CC(CNC(=O)c1ccc(S(C)(=O)=O)cc1)N1CCOCC1. The van der Waals surface area contributed by atoms with Gasteiger partial charge in [0, 0.05) is 37.5 Å². The van der Waals surface area contributed by atoms with E-state index in [1.807, 2.05) is 0 Å². The molecule has 1 saturated heterocycles. The Hall–Kier alpha value is -1.44. The zero-order valence-electron chi connectivity index (χ0n) is 15.2. The summed E-state index contributed by atoms with van der Waals surface area (Å²) >= 11 is 0. The molecule has 0 bridgehead atoms. The second-order valence-corrected chi connectivity index (χ2v) is 8.95. The number of rotatable bonds is 7. The molecule has 1 heterocycles. The summed E-state index contributed by atoms with van der Waals surface area (Å²) in [7, 11) is -3.25. The molecule has 2 rings (SSSR count). The van der Waals surface area contributed by atoms with Gasteiger partial charge in [-0.1, -0.05) is 13.8 Å². The molecule has 0 saturated carbocycles. The maximum Gasteiger partial charge on any atom is 0.251 e. The molecule has 1 aliphatic heterocycles. The van der Waals surface area contributed by atoms with E-state index in [0.29, 0.717) is 18.0 Å². The lowest BCUT2D eigenvalue weighted by atomic mass is 10.0. The van der Waals surface area contributed by atoms with Crippen LogP contribution in [-0.2, 0) is 14.6 Å². The van der Waals surface area contributed by atoms with Crippen LogP contribution in [0.25, 0.3) is 0 Å². The molecule has 0 radical (unpaired) electrons. The molecule has 1 atom stereocenters. The van der Waals surface area contributed by atoms with Gasteiger partial charge in [-0.05, 0) is 36.6 Å². The number of sulfone groups is 1. The lowest BCUT2D eigenvalue weighted by Crippen LogP contribution is -2.49. The second-order valence-electron chi connectivity index (χ2n) is 6.94. The molecular weight excluding hydrogens is 340 g/mol. The number of hydrogen-bond donors (Lipinski definition) is 1. The average molecular weight is 368 g/mol. The van der Waals surface area contributed by atoms with Crippen molar-refractivity contribution in [2.75, 3.05) is 39.1 Å². The molecule has 1 fully saturated rings. The minimum atomic E-state index is -3.25. The van der Waals surface area contributed by atoms with Gasteiger partial charge < -0.3 is 10.1 Å². The maximum absolute atomic E-state index is 12.4. The molecular formula is C18H28N2O4S. The predicted octanol–water partition coefficient (Wildman–Crippen LogP) is 1.57. The fraction of sp³-hybridized carbons (Fsp3) is 0.611. The van der Waals surface area contributed by atoms with E-state index in [1.165, 1.54) is 12.1 Å². The minimum Gasteiger partial charge on any atom is -0.379 e. The molecule has 0 aromatic heterocycles. The number of amides is 1. The van der Waals surface area contributed by atoms with Crippen LogP contribution in [0.1, 0.15) is 30.6 Å². The highest BCUT2D eigenvalue weighted by Crippen LogP contribution is 2.14. The fourth-order valence-electron chi connectivity index (χ4n) is 3.01. The van der Waals surface area contributed by atoms with Gasteiger partial charge in [0.25, 0.3) is 5.91 Å². The van der Waals surface area contributed by atoms with E-state index in [1.54, 1.807) is 12.1 Å². The number of nitrogens with one attached hydrogen (secondary N) is 1. The number of morpholine rings is 1. The van der Waals surface area contributed by atoms with Crippen molar-refractivity contribution in [2.45, 2.75) is 31.2 Å². The standard InChI is InChI=1S/C18H28N2O4S/c1-14(2)12-16(20-8-10-24-11-9-20)13-19-18(21)15-4-6-17(7-5-15)25(3,22)23/h4-7,14,16H,8-13H2,1-3H3,(H,19,21). The van der Waals surface area contributed by atoms with E-state index < -0.39 is 9.84 Å². The lowest BCUT2D eigenvalue weighted by Gasteiger charge is -2.35. The van der Waals surface area contributed by atoms with Crippen LogP contribution in [0.15, 0.2) is 29.2 Å². The van der Waals surface area contributed by atoms with Crippen molar-refractivity contribution in [3.63, 3.8) is 0 Å². The zero-order chi connectivity index (χ0) is 18.4. The topological polar surface area (TPSA) is 75.7 Å². The summed E-state index contributed by atoms with van der Waals surface area (Å²) in [6, 6.07) is 6.33. The van der Waals surface area contributed by atoms with E-state index in [0.717, 1.165) is 39.0 Å². The van der Waals surface area contributed by atoms with Crippen molar-refractivity contribution in [1.29, 1.82) is 0 Å². The molecule has 140 valence electrons. The smallest absolute Gasteiger partial charge is 0.251 e. The second kappa shape index (κ2) is 8.78. The Bertz CT molecular complexity index is 665. The summed E-state index contributed by atoms with van der Waals surface area (Å²) in [5, 5.41) is 2.99. The molecule has 1 N–H and O–H groups in total. The van der Waals surface area contributed by atoms with E-state index in [9.17, 15) is 13.2 Å². The molecule has 25 heavy (non-hydrogen) atoms. The molecule has 6 nitrogen and oxygen atoms in total. The summed E-state index contributed by atoms with van der Waals surface area (Å²) in [4.78, 5) is 15.0. The molecule has 1 amide bonds. The van der Waals surface area contributed by atoms with Crippen molar-refractivity contribution < 1.29 is 17.9 Å². The van der Waals surface area contributed by atoms with Gasteiger partial charge in [-0.15, -0.1) is 0 Å². The monoisotopic (exact) mass is 368 g/mol. The Labute approximate surface area is 150 Å². The van der Waals surface area contributed by atoms with Crippen LogP contribution in [0, 0.1) is 5.92 Å². The predicted molar refractivity (Wildman–Crippen MR) is 97.5 cm³/mol. The Morgan fingerprint density at radius 2 is 1.80 bits per heavy atom. The number of ether oxygens (including phenoxy) is 1. The van der Waals surface area contributed by atoms with Crippen molar-refractivity contribution in [2.24, 2.45) is 5.92 Å². The van der Waals surface area contributed by atoms with E-state index >= 15 is 0 Å². The summed E-state index contributed by atoms with van der Waals surface area (Å²) in [6.45, 7) is 8.17. The first-order chi connectivity index (χ1) is 11.8. The third-order valence-corrected chi connectivity index (χ3v) is 5.48. The van der Waals surface area contributed by atoms with Gasteiger partial charge >= 0.3 is 0 Å². The number of nitrogens with zero attached hydrogens (tertiary/aromatic N) is 1. The number of benzene rings is 1. The van der Waals surface area contributed by atoms with Crippen LogP contribution in [0.5, 0.6) is 0 Å². The third kappa shape index (κ3) is 6.09. The molecule has 0 aliphatic carbocycles. The summed E-state index contributed by atoms with van der Waals surface area (Å²) in [6.07, 6.45) is 2.16. The van der Waals surface area contributed by atoms with Crippen LogP contribution in [0.2, 0.25) is 0 Å². The van der Waals surface area contributed by atoms with Gasteiger partial charge in [-0.2, -0.15) is 0 Å².